The molecule has 0 bridgehead atoms. The minimum atomic E-state index is 0.728. The average Bonchev–Trinajstić information content (AvgIpc) is 2.05. The van der Waals surface area contributed by atoms with Crippen molar-refractivity contribution in [1.29, 1.82) is 0 Å². The van der Waals surface area contributed by atoms with Crippen molar-refractivity contribution in [2.45, 2.75) is 6.42 Å². The van der Waals surface area contributed by atoms with E-state index >= 15 is 0 Å². The van der Waals surface area contributed by atoms with Gasteiger partial charge in [-0.3, -0.25) is 0 Å². The molecule has 2 heteroatoms. The predicted molar refractivity (Wildman–Crippen MR) is 37.6 cm³/mol. The molecule has 0 spiro atoms. The van der Waals surface area contributed by atoms with Gasteiger partial charge in [0.15, 0.2) is 0 Å². The number of hydrogen-bond acceptors (Lipinski definition) is 2. The van der Waals surface area contributed by atoms with E-state index in [1.54, 1.807) is 0 Å². The summed E-state index contributed by atoms with van der Waals surface area (Å²) in [6.07, 6.45) is 5.06. The molecule has 0 unspecified atom stereocenters. The third kappa shape index (κ3) is 0.948. The Labute approximate surface area is 60.1 Å². The van der Waals surface area contributed by atoms with Crippen molar-refractivity contribution in [2.24, 2.45) is 0 Å². The van der Waals surface area contributed by atoms with E-state index in [4.69, 9.17) is 9.47 Å². The lowest BCUT2D eigenvalue weighted by Crippen LogP contribution is -2.14. The zero-order valence-corrected chi connectivity index (χ0v) is 5.80. The van der Waals surface area contributed by atoms with Crippen molar-refractivity contribution in [3.8, 4) is 0 Å². The molecule has 54 valence electrons. The van der Waals surface area contributed by atoms with Crippen LogP contribution in [-0.2, 0) is 9.47 Å². The minimum absolute atomic E-state index is 0.728. The summed E-state index contributed by atoms with van der Waals surface area (Å²) < 4.78 is 10.6. The van der Waals surface area contributed by atoms with Gasteiger partial charge < -0.3 is 9.47 Å². The highest BCUT2D eigenvalue weighted by Gasteiger charge is 2.13. The van der Waals surface area contributed by atoms with Gasteiger partial charge in [-0.15, -0.1) is 0 Å². The normalized spacial score (nSPS) is 24.0. The Kier molecular flexibility index (Phi) is 1.47. The Morgan fingerprint density at radius 2 is 2.40 bits per heavy atom. The van der Waals surface area contributed by atoms with Gasteiger partial charge in [0.05, 0.1) is 13.2 Å². The van der Waals surface area contributed by atoms with Crippen LogP contribution >= 0.6 is 0 Å². The lowest BCUT2D eigenvalue weighted by molar-refractivity contribution is 0.109. The first-order chi connectivity index (χ1) is 4.97. The molecule has 0 atom stereocenters. The summed E-state index contributed by atoms with van der Waals surface area (Å²) in [5.74, 6) is 1.13. The smallest absolute Gasteiger partial charge is 0.106 e. The standard InChI is InChI=1S/C8H10O2/c1-2-7-6-9-5-3-8(7)10-4-1/h1-2H,3-6H2. The molecule has 2 aliphatic rings. The van der Waals surface area contributed by atoms with Gasteiger partial charge >= 0.3 is 0 Å². The number of rotatable bonds is 0. The topological polar surface area (TPSA) is 18.5 Å². The molecule has 0 aromatic rings. The summed E-state index contributed by atoms with van der Waals surface area (Å²) in [4.78, 5) is 0. The van der Waals surface area contributed by atoms with Crippen molar-refractivity contribution in [2.75, 3.05) is 19.8 Å². The number of ether oxygens (including phenoxy) is 2. The van der Waals surface area contributed by atoms with Crippen LogP contribution in [0.3, 0.4) is 0 Å². The van der Waals surface area contributed by atoms with Gasteiger partial charge in [-0.1, -0.05) is 6.08 Å². The van der Waals surface area contributed by atoms with E-state index in [-0.39, 0.29) is 0 Å². The maximum absolute atomic E-state index is 5.39. The summed E-state index contributed by atoms with van der Waals surface area (Å²) in [5.41, 5.74) is 1.22. The Morgan fingerprint density at radius 1 is 1.40 bits per heavy atom. The van der Waals surface area contributed by atoms with Gasteiger partial charge in [0.2, 0.25) is 0 Å². The van der Waals surface area contributed by atoms with Gasteiger partial charge in [0.1, 0.15) is 12.4 Å². The summed E-state index contributed by atoms with van der Waals surface area (Å²) in [7, 11) is 0. The molecule has 0 aromatic heterocycles. The molecule has 0 aromatic carbocycles. The van der Waals surface area contributed by atoms with Crippen LogP contribution in [0.25, 0.3) is 0 Å². The van der Waals surface area contributed by atoms with Crippen LogP contribution in [0.4, 0.5) is 0 Å². The first kappa shape index (κ1) is 5.98. The molecule has 2 nitrogen and oxygen atoms in total. The molecule has 2 heterocycles. The molecular formula is C8H10O2. The number of hydrogen-bond donors (Lipinski definition) is 0. The van der Waals surface area contributed by atoms with Crippen LogP contribution in [0, 0.1) is 0 Å². The minimum Gasteiger partial charge on any atom is -0.493 e. The summed E-state index contributed by atoms with van der Waals surface area (Å²) >= 11 is 0. The van der Waals surface area contributed by atoms with E-state index in [1.807, 2.05) is 6.08 Å². The van der Waals surface area contributed by atoms with E-state index in [2.05, 4.69) is 6.08 Å². The molecule has 0 amide bonds. The van der Waals surface area contributed by atoms with Crippen molar-refractivity contribution in [1.82, 2.24) is 0 Å². The van der Waals surface area contributed by atoms with Gasteiger partial charge in [-0.05, 0) is 6.08 Å². The van der Waals surface area contributed by atoms with Crippen LogP contribution in [0.5, 0.6) is 0 Å². The maximum atomic E-state index is 5.39. The highest BCUT2D eigenvalue weighted by Crippen LogP contribution is 2.20. The highest BCUT2D eigenvalue weighted by molar-refractivity contribution is 5.27. The predicted octanol–water partition coefficient (Wildman–Crippen LogP) is 1.25. The van der Waals surface area contributed by atoms with Gasteiger partial charge in [-0.2, -0.15) is 0 Å². The fraction of sp³-hybridized carbons (Fsp3) is 0.500. The summed E-state index contributed by atoms with van der Waals surface area (Å²) in [6, 6.07) is 0. The zero-order chi connectivity index (χ0) is 6.81. The van der Waals surface area contributed by atoms with Gasteiger partial charge in [0.25, 0.3) is 0 Å². The molecule has 10 heavy (non-hydrogen) atoms. The van der Waals surface area contributed by atoms with E-state index in [0.29, 0.717) is 0 Å². The van der Waals surface area contributed by atoms with Crippen molar-refractivity contribution >= 4 is 0 Å². The van der Waals surface area contributed by atoms with Gasteiger partial charge in [0, 0.05) is 12.0 Å². The fourth-order valence-electron chi connectivity index (χ4n) is 1.23. The second-order valence-electron chi connectivity index (χ2n) is 2.46. The van der Waals surface area contributed by atoms with Crippen LogP contribution in [0.15, 0.2) is 23.5 Å². The lowest BCUT2D eigenvalue weighted by Gasteiger charge is -2.21. The molecule has 0 saturated carbocycles. The quantitative estimate of drug-likeness (QED) is 0.501. The van der Waals surface area contributed by atoms with Crippen LogP contribution in [-0.4, -0.2) is 19.8 Å². The van der Waals surface area contributed by atoms with E-state index in [1.165, 1.54) is 5.57 Å². The Bertz CT molecular complexity index is 191. The third-order valence-corrected chi connectivity index (χ3v) is 1.76. The Balaban J connectivity index is 2.23. The molecule has 2 rings (SSSR count). The van der Waals surface area contributed by atoms with E-state index < -0.39 is 0 Å². The first-order valence-corrected chi connectivity index (χ1v) is 3.56. The molecule has 0 fully saturated rings. The van der Waals surface area contributed by atoms with Crippen LogP contribution in [0.1, 0.15) is 6.42 Å². The molecule has 0 radical (unpaired) electrons. The second-order valence-corrected chi connectivity index (χ2v) is 2.46. The van der Waals surface area contributed by atoms with Gasteiger partial charge in [-0.25, -0.2) is 0 Å². The maximum Gasteiger partial charge on any atom is 0.106 e. The summed E-state index contributed by atoms with van der Waals surface area (Å²) in [6.45, 7) is 2.28. The monoisotopic (exact) mass is 138 g/mol. The fourth-order valence-corrected chi connectivity index (χ4v) is 1.23. The zero-order valence-electron chi connectivity index (χ0n) is 5.80. The molecule has 2 aliphatic heterocycles. The SMILES string of the molecule is C1=CC2=C(CCOC2)OC1. The van der Waals surface area contributed by atoms with E-state index in [9.17, 15) is 0 Å². The molecular weight excluding hydrogens is 128 g/mol. The Hall–Kier alpha value is -0.760. The van der Waals surface area contributed by atoms with E-state index in [0.717, 1.165) is 32.0 Å². The largest absolute Gasteiger partial charge is 0.493 e. The van der Waals surface area contributed by atoms with Crippen molar-refractivity contribution in [3.05, 3.63) is 23.5 Å². The van der Waals surface area contributed by atoms with Crippen LogP contribution in [0.2, 0.25) is 0 Å². The third-order valence-electron chi connectivity index (χ3n) is 1.76. The van der Waals surface area contributed by atoms with Crippen molar-refractivity contribution in [3.63, 3.8) is 0 Å². The van der Waals surface area contributed by atoms with Crippen LogP contribution < -0.4 is 0 Å². The average molecular weight is 138 g/mol. The molecule has 0 N–H and O–H groups in total. The molecule has 0 aliphatic carbocycles. The summed E-state index contributed by atoms with van der Waals surface area (Å²) in [5, 5.41) is 0. The Morgan fingerprint density at radius 3 is 3.30 bits per heavy atom. The molecule has 0 saturated heterocycles. The lowest BCUT2D eigenvalue weighted by atomic mass is 10.1. The van der Waals surface area contributed by atoms with Crippen molar-refractivity contribution < 1.29 is 9.47 Å². The highest BCUT2D eigenvalue weighted by atomic mass is 16.5. The second kappa shape index (κ2) is 2.46. The first-order valence-electron chi connectivity index (χ1n) is 3.56.